The quantitative estimate of drug-likeness (QED) is 0.139. The molecule has 0 saturated heterocycles. The molecule has 84 heavy (non-hydrogen) atoms. The molecule has 0 radical (unpaired) electrons. The minimum absolute atomic E-state index is 0.350. The first kappa shape index (κ1) is 49.8. The number of benzene rings is 11. The summed E-state index contributed by atoms with van der Waals surface area (Å²) in [6, 6.07) is 93.7. The van der Waals surface area contributed by atoms with E-state index < -0.39 is 0 Å². The van der Waals surface area contributed by atoms with Crippen LogP contribution in [0.1, 0.15) is 27.8 Å². The summed E-state index contributed by atoms with van der Waals surface area (Å²) in [4.78, 5) is 10.6. The fraction of sp³-hybridized carbons (Fsp3) is 0. The number of nitrogens with zero attached hydrogens (tertiary/aromatic N) is 9. The predicted octanol–water partition coefficient (Wildman–Crippen LogP) is 17.7. The van der Waals surface area contributed by atoms with Crippen LogP contribution in [-0.2, 0) is 0 Å². The van der Waals surface area contributed by atoms with Crippen LogP contribution in [-0.4, -0.2) is 19.1 Å². The second-order valence-corrected chi connectivity index (χ2v) is 20.6. The molecule has 0 fully saturated rings. The van der Waals surface area contributed by atoms with Gasteiger partial charge in [0, 0.05) is 38.2 Å². The Morgan fingerprint density at radius 1 is 0.262 bits per heavy atom. The van der Waals surface area contributed by atoms with E-state index in [2.05, 4.69) is 118 Å². The minimum atomic E-state index is 0.350. The van der Waals surface area contributed by atoms with E-state index in [-0.39, 0.29) is 0 Å². The monoisotopic (exact) mass is 1070 g/mol. The van der Waals surface area contributed by atoms with Crippen LogP contribution in [0.15, 0.2) is 249 Å². The van der Waals surface area contributed by atoms with Crippen LogP contribution in [0.5, 0.6) is 0 Å². The summed E-state index contributed by atoms with van der Waals surface area (Å²) in [7, 11) is 0. The summed E-state index contributed by atoms with van der Waals surface area (Å²) in [5.74, 6) is 0.371. The van der Waals surface area contributed by atoms with Crippen molar-refractivity contribution in [3.05, 3.63) is 277 Å². The fourth-order valence-corrected chi connectivity index (χ4v) is 11.7. The van der Waals surface area contributed by atoms with E-state index in [4.69, 9.17) is 9.97 Å². The number of aromatic nitrogens is 4. The lowest BCUT2D eigenvalue weighted by atomic mass is 9.99. The molecule has 0 amide bonds. The molecule has 9 heteroatoms. The van der Waals surface area contributed by atoms with Crippen LogP contribution in [0.3, 0.4) is 0 Å². The predicted molar refractivity (Wildman–Crippen MR) is 332 cm³/mol. The molecule has 0 aliphatic carbocycles. The van der Waals surface area contributed by atoms with Crippen LogP contribution in [0, 0.1) is 56.7 Å². The van der Waals surface area contributed by atoms with E-state index in [0.29, 0.717) is 56.3 Å². The number of nitriles is 5. The highest BCUT2D eigenvalue weighted by Crippen LogP contribution is 2.44. The third kappa shape index (κ3) is 8.72. The van der Waals surface area contributed by atoms with Gasteiger partial charge in [0.05, 0.1) is 103 Å². The molecule has 9 nitrogen and oxygen atoms in total. The molecular formula is C75H41N9. The van der Waals surface area contributed by atoms with Crippen molar-refractivity contribution in [1.82, 2.24) is 19.1 Å². The van der Waals surface area contributed by atoms with E-state index in [1.807, 2.05) is 146 Å². The molecule has 11 aromatic carbocycles. The van der Waals surface area contributed by atoms with E-state index in [1.54, 1.807) is 24.3 Å². The summed E-state index contributed by atoms with van der Waals surface area (Å²) in [5, 5.41) is 55.3. The zero-order valence-corrected chi connectivity index (χ0v) is 44.7. The maximum atomic E-state index is 11.6. The van der Waals surface area contributed by atoms with Crippen molar-refractivity contribution in [2.75, 3.05) is 0 Å². The topological polar surface area (TPSA) is 155 Å². The zero-order valence-electron chi connectivity index (χ0n) is 44.7. The maximum absolute atomic E-state index is 11.6. The number of hydrogen-bond donors (Lipinski definition) is 0. The van der Waals surface area contributed by atoms with Crippen LogP contribution in [0.25, 0.3) is 133 Å². The number of rotatable bonds is 9. The van der Waals surface area contributed by atoms with Gasteiger partial charge < -0.3 is 9.13 Å². The van der Waals surface area contributed by atoms with Crippen LogP contribution in [0.4, 0.5) is 0 Å². The van der Waals surface area contributed by atoms with Gasteiger partial charge in [0.15, 0.2) is 5.82 Å². The van der Waals surface area contributed by atoms with Crippen molar-refractivity contribution in [2.45, 2.75) is 0 Å². The highest BCUT2D eigenvalue weighted by molar-refractivity contribution is 6.14. The van der Waals surface area contributed by atoms with Gasteiger partial charge >= 0.3 is 0 Å². The summed E-state index contributed by atoms with van der Waals surface area (Å²) in [5.41, 5.74) is 18.4. The van der Waals surface area contributed by atoms with Gasteiger partial charge in [-0.25, -0.2) is 9.97 Å². The standard InChI is InChI=1S/C75H41N9/c76-42-47-11-7-19-53(31-47)57-23-27-69-63(35-57)64-36-58(54-20-8-12-48(32-54)43-77)24-28-70(64)83(69)73-39-61(46-80)62(75-81-67(51-15-3-1-4-16-51)41-68(82-75)52-17-5-2-6-18-52)40-74(73)84-71-29-25-59(55-21-9-13-49(33-55)44-78)37-65(71)66-38-60(26-30-72(66)84)56-22-10-14-50(34-56)45-79/h1-41H. The van der Waals surface area contributed by atoms with Crippen molar-refractivity contribution in [3.8, 4) is 120 Å². The van der Waals surface area contributed by atoms with Gasteiger partial charge in [-0.3, -0.25) is 0 Å². The average molecular weight is 1070 g/mol. The molecule has 386 valence electrons. The first-order valence-corrected chi connectivity index (χ1v) is 27.1. The normalized spacial score (nSPS) is 11.0. The molecule has 0 unspecified atom stereocenters. The Balaban J connectivity index is 1.11. The first-order valence-electron chi connectivity index (χ1n) is 27.1. The minimum Gasteiger partial charge on any atom is -0.307 e. The van der Waals surface area contributed by atoms with Gasteiger partial charge in [-0.1, -0.05) is 133 Å². The van der Waals surface area contributed by atoms with Gasteiger partial charge in [-0.05, 0) is 160 Å². The Kier molecular flexibility index (Phi) is 12.2. The maximum Gasteiger partial charge on any atom is 0.161 e. The van der Waals surface area contributed by atoms with Crippen molar-refractivity contribution >= 4 is 43.6 Å². The van der Waals surface area contributed by atoms with E-state index >= 15 is 0 Å². The third-order valence-corrected chi connectivity index (χ3v) is 15.7. The average Bonchev–Trinajstić information content (AvgIpc) is 2.04. The van der Waals surface area contributed by atoms with Crippen molar-refractivity contribution < 1.29 is 0 Å². The van der Waals surface area contributed by atoms with Crippen molar-refractivity contribution in [1.29, 1.82) is 26.3 Å². The van der Waals surface area contributed by atoms with Crippen LogP contribution >= 0.6 is 0 Å². The molecule has 3 aromatic heterocycles. The van der Waals surface area contributed by atoms with Crippen molar-refractivity contribution in [3.63, 3.8) is 0 Å². The summed E-state index contributed by atoms with van der Waals surface area (Å²) >= 11 is 0. The molecule has 3 heterocycles. The Hall–Kier alpha value is -12.5. The van der Waals surface area contributed by atoms with Crippen LogP contribution < -0.4 is 0 Å². The molecule has 0 aliphatic heterocycles. The van der Waals surface area contributed by atoms with Gasteiger partial charge in [-0.2, -0.15) is 26.3 Å². The largest absolute Gasteiger partial charge is 0.307 e. The molecule has 0 N–H and O–H groups in total. The van der Waals surface area contributed by atoms with Crippen molar-refractivity contribution in [2.24, 2.45) is 0 Å². The molecule has 14 rings (SSSR count). The van der Waals surface area contributed by atoms with E-state index in [1.165, 1.54) is 0 Å². The zero-order chi connectivity index (χ0) is 56.8. The number of hydrogen-bond acceptors (Lipinski definition) is 7. The Bertz CT molecular complexity index is 4980. The highest BCUT2D eigenvalue weighted by Gasteiger charge is 2.25. The van der Waals surface area contributed by atoms with E-state index in [0.717, 1.165) is 105 Å². The second-order valence-electron chi connectivity index (χ2n) is 20.6. The molecule has 0 aliphatic rings. The summed E-state index contributed by atoms with van der Waals surface area (Å²) in [6.07, 6.45) is 0. The van der Waals surface area contributed by atoms with Gasteiger partial charge in [0.2, 0.25) is 0 Å². The molecule has 0 spiro atoms. The summed E-state index contributed by atoms with van der Waals surface area (Å²) in [6.45, 7) is 0. The summed E-state index contributed by atoms with van der Waals surface area (Å²) < 4.78 is 4.49. The van der Waals surface area contributed by atoms with Gasteiger partial charge in [0.1, 0.15) is 0 Å². The van der Waals surface area contributed by atoms with E-state index in [9.17, 15) is 26.3 Å². The molecule has 0 saturated carbocycles. The Morgan fingerprint density at radius 2 is 0.571 bits per heavy atom. The molecule has 0 atom stereocenters. The third-order valence-electron chi connectivity index (χ3n) is 15.7. The smallest absolute Gasteiger partial charge is 0.161 e. The lowest BCUT2D eigenvalue weighted by Gasteiger charge is -2.20. The van der Waals surface area contributed by atoms with Crippen LogP contribution in [0.2, 0.25) is 0 Å². The Labute approximate surface area is 483 Å². The SMILES string of the molecule is N#Cc1cccc(-c2ccc3c(c2)c2cc(-c4cccc(C#N)c4)ccc2n3-c2cc(C#N)c(-c3nc(-c4ccccc4)cc(-c4ccccc4)n3)cc2-n2c3ccc(-c4cccc(C#N)c4)cc3c3cc(-c4cccc(C#N)c4)ccc32)c1. The van der Waals surface area contributed by atoms with Gasteiger partial charge in [0.25, 0.3) is 0 Å². The Morgan fingerprint density at radius 3 is 0.893 bits per heavy atom. The fourth-order valence-electron chi connectivity index (χ4n) is 11.7. The van der Waals surface area contributed by atoms with Gasteiger partial charge in [-0.15, -0.1) is 0 Å². The highest BCUT2D eigenvalue weighted by atomic mass is 15.1. The number of fused-ring (bicyclic) bond motifs is 6. The molecule has 14 aromatic rings. The first-order chi connectivity index (χ1) is 41.4. The lowest BCUT2D eigenvalue weighted by Crippen LogP contribution is -2.06. The second kappa shape index (κ2) is 20.7. The molecular weight excluding hydrogens is 1030 g/mol. The molecule has 0 bridgehead atoms. The lowest BCUT2D eigenvalue weighted by molar-refractivity contribution is 1.09.